The van der Waals surface area contributed by atoms with Gasteiger partial charge in [0.2, 0.25) is 0 Å². The molecule has 1 unspecified atom stereocenters. The third-order valence-corrected chi connectivity index (χ3v) is 1.22. The molecule has 0 heterocycles. The summed E-state index contributed by atoms with van der Waals surface area (Å²) in [5.74, 6) is 1.44. The Morgan fingerprint density at radius 1 is 1.80 bits per heavy atom. The lowest BCUT2D eigenvalue weighted by molar-refractivity contribution is -0.142. The molecule has 0 spiro atoms. The number of nitrogens with zero attached hydrogens (tertiary/aromatic N) is 1. The van der Waals surface area contributed by atoms with Crippen molar-refractivity contribution in [1.29, 1.82) is 0 Å². The first-order chi connectivity index (χ1) is 4.59. The van der Waals surface area contributed by atoms with E-state index in [0.717, 1.165) is 0 Å². The number of carboxylic acids is 1. The Balaban J connectivity index is 4.01. The van der Waals surface area contributed by atoms with Crippen molar-refractivity contribution in [2.75, 3.05) is 14.1 Å². The van der Waals surface area contributed by atoms with Gasteiger partial charge in [-0.2, -0.15) is 0 Å². The molecule has 0 aliphatic carbocycles. The van der Waals surface area contributed by atoms with Gasteiger partial charge >= 0.3 is 5.97 Å². The van der Waals surface area contributed by atoms with Crippen LogP contribution in [0.4, 0.5) is 0 Å². The van der Waals surface area contributed by atoms with Crippen molar-refractivity contribution in [2.24, 2.45) is 0 Å². The van der Waals surface area contributed by atoms with Crippen LogP contribution in [0, 0.1) is 12.3 Å². The zero-order chi connectivity index (χ0) is 8.15. The van der Waals surface area contributed by atoms with Gasteiger partial charge < -0.3 is 5.11 Å². The van der Waals surface area contributed by atoms with E-state index in [1.165, 1.54) is 0 Å². The van der Waals surface area contributed by atoms with Crippen LogP contribution in [0.15, 0.2) is 0 Å². The fraction of sp³-hybridized carbons (Fsp3) is 0.571. The molecule has 3 nitrogen and oxygen atoms in total. The molecule has 0 aliphatic heterocycles. The zero-order valence-electron chi connectivity index (χ0n) is 6.16. The van der Waals surface area contributed by atoms with E-state index in [1.807, 2.05) is 0 Å². The maximum absolute atomic E-state index is 10.4. The van der Waals surface area contributed by atoms with Crippen LogP contribution in [0.1, 0.15) is 6.42 Å². The highest BCUT2D eigenvalue weighted by Crippen LogP contribution is 1.97. The molecule has 0 rings (SSSR count). The second kappa shape index (κ2) is 3.91. The van der Waals surface area contributed by atoms with Crippen LogP contribution in [0.25, 0.3) is 0 Å². The van der Waals surface area contributed by atoms with E-state index in [9.17, 15) is 4.79 Å². The van der Waals surface area contributed by atoms with Crippen molar-refractivity contribution in [2.45, 2.75) is 12.5 Å². The second-order valence-corrected chi connectivity index (χ2v) is 2.23. The van der Waals surface area contributed by atoms with E-state index in [4.69, 9.17) is 11.5 Å². The number of terminal acetylenes is 1. The minimum Gasteiger partial charge on any atom is -0.480 e. The van der Waals surface area contributed by atoms with Gasteiger partial charge in [0, 0.05) is 6.42 Å². The summed E-state index contributed by atoms with van der Waals surface area (Å²) in [5, 5.41) is 8.54. The molecule has 10 heavy (non-hydrogen) atoms. The third kappa shape index (κ3) is 2.51. The Kier molecular flexibility index (Phi) is 3.52. The molecule has 0 saturated carbocycles. The summed E-state index contributed by atoms with van der Waals surface area (Å²) in [6, 6.07) is -0.551. The molecule has 1 N–H and O–H groups in total. The standard InChI is InChI=1S/C7H11NO2/c1-4-5-6(7(9)10)8(2)3/h1,6H,5H2,2-3H3,(H,9,10). The van der Waals surface area contributed by atoms with Crippen molar-refractivity contribution >= 4 is 5.97 Å². The summed E-state index contributed by atoms with van der Waals surface area (Å²) < 4.78 is 0. The molecule has 56 valence electrons. The monoisotopic (exact) mass is 141 g/mol. The lowest BCUT2D eigenvalue weighted by Gasteiger charge is -2.16. The van der Waals surface area contributed by atoms with E-state index in [2.05, 4.69) is 5.92 Å². The molecule has 1 atom stereocenters. The van der Waals surface area contributed by atoms with Crippen LogP contribution >= 0.6 is 0 Å². The van der Waals surface area contributed by atoms with Gasteiger partial charge in [-0.15, -0.1) is 12.3 Å². The third-order valence-electron chi connectivity index (χ3n) is 1.22. The van der Waals surface area contributed by atoms with Gasteiger partial charge in [-0.3, -0.25) is 9.69 Å². The molecule has 0 aromatic heterocycles. The average Bonchev–Trinajstić information content (AvgIpc) is 1.81. The molecule has 0 radical (unpaired) electrons. The molecule has 0 saturated heterocycles. The van der Waals surface area contributed by atoms with Gasteiger partial charge in [-0.25, -0.2) is 0 Å². The number of likely N-dealkylation sites (N-methyl/N-ethyl adjacent to an activating group) is 1. The molecule has 0 aromatic carbocycles. The Bertz CT molecular complexity index is 157. The Morgan fingerprint density at radius 2 is 2.30 bits per heavy atom. The van der Waals surface area contributed by atoms with E-state index >= 15 is 0 Å². The predicted molar refractivity (Wildman–Crippen MR) is 38.6 cm³/mol. The summed E-state index contributed by atoms with van der Waals surface area (Å²) in [4.78, 5) is 12.0. The van der Waals surface area contributed by atoms with Gasteiger partial charge in [0.15, 0.2) is 0 Å². The van der Waals surface area contributed by atoms with E-state index in [-0.39, 0.29) is 6.42 Å². The summed E-state index contributed by atoms with van der Waals surface area (Å²) in [6.45, 7) is 0. The number of rotatable bonds is 3. The van der Waals surface area contributed by atoms with Crippen LogP contribution < -0.4 is 0 Å². The molecule has 0 aliphatic rings. The quantitative estimate of drug-likeness (QED) is 0.563. The normalized spacial score (nSPS) is 12.6. The largest absolute Gasteiger partial charge is 0.480 e. The van der Waals surface area contributed by atoms with E-state index in [1.54, 1.807) is 19.0 Å². The van der Waals surface area contributed by atoms with Gasteiger partial charge in [-0.05, 0) is 14.1 Å². The van der Waals surface area contributed by atoms with Crippen LogP contribution in [-0.4, -0.2) is 36.1 Å². The number of aliphatic carboxylic acids is 1. The molecule has 0 amide bonds. The van der Waals surface area contributed by atoms with Crippen LogP contribution in [0.2, 0.25) is 0 Å². The van der Waals surface area contributed by atoms with Crippen molar-refractivity contribution in [3.63, 3.8) is 0 Å². The topological polar surface area (TPSA) is 40.5 Å². The highest BCUT2D eigenvalue weighted by atomic mass is 16.4. The van der Waals surface area contributed by atoms with E-state index in [0.29, 0.717) is 0 Å². The van der Waals surface area contributed by atoms with Crippen molar-refractivity contribution in [3.8, 4) is 12.3 Å². The highest BCUT2D eigenvalue weighted by Gasteiger charge is 2.17. The van der Waals surface area contributed by atoms with Gasteiger partial charge in [0.25, 0.3) is 0 Å². The van der Waals surface area contributed by atoms with Gasteiger partial charge in [0.1, 0.15) is 6.04 Å². The smallest absolute Gasteiger partial charge is 0.321 e. The maximum atomic E-state index is 10.4. The van der Waals surface area contributed by atoms with Gasteiger partial charge in [0.05, 0.1) is 0 Å². The van der Waals surface area contributed by atoms with E-state index < -0.39 is 12.0 Å². The Hall–Kier alpha value is -1.01. The molecule has 0 bridgehead atoms. The summed E-state index contributed by atoms with van der Waals surface area (Å²) in [7, 11) is 3.38. The predicted octanol–water partition coefficient (Wildman–Crippen LogP) is 0.0245. The lowest BCUT2D eigenvalue weighted by Crippen LogP contribution is -2.35. The average molecular weight is 141 g/mol. The van der Waals surface area contributed by atoms with Crippen LogP contribution in [0.5, 0.6) is 0 Å². The highest BCUT2D eigenvalue weighted by molar-refractivity contribution is 5.73. The number of carbonyl (C=O) groups is 1. The SMILES string of the molecule is C#CCC(C(=O)O)N(C)C. The molecular weight excluding hydrogens is 130 g/mol. The minimum absolute atomic E-state index is 0.252. The summed E-state index contributed by atoms with van der Waals surface area (Å²) in [5.41, 5.74) is 0. The first-order valence-corrected chi connectivity index (χ1v) is 2.92. The Morgan fingerprint density at radius 3 is 2.40 bits per heavy atom. The molecule has 3 heteroatoms. The first kappa shape index (κ1) is 8.99. The Labute approximate surface area is 60.6 Å². The number of hydrogen-bond donors (Lipinski definition) is 1. The van der Waals surface area contributed by atoms with Gasteiger partial charge in [-0.1, -0.05) is 0 Å². The summed E-state index contributed by atoms with van der Waals surface area (Å²) >= 11 is 0. The minimum atomic E-state index is -0.872. The second-order valence-electron chi connectivity index (χ2n) is 2.23. The van der Waals surface area contributed by atoms with Crippen molar-refractivity contribution < 1.29 is 9.90 Å². The fourth-order valence-electron chi connectivity index (χ4n) is 0.602. The summed E-state index contributed by atoms with van der Waals surface area (Å²) in [6.07, 6.45) is 5.22. The lowest BCUT2D eigenvalue weighted by atomic mass is 10.2. The first-order valence-electron chi connectivity index (χ1n) is 2.92. The molecule has 0 aromatic rings. The molecule has 0 fully saturated rings. The zero-order valence-corrected chi connectivity index (χ0v) is 6.16. The van der Waals surface area contributed by atoms with Crippen LogP contribution in [-0.2, 0) is 4.79 Å². The molecular formula is C7H11NO2. The number of carboxylic acid groups (broad SMARTS) is 1. The van der Waals surface area contributed by atoms with Crippen LogP contribution in [0.3, 0.4) is 0 Å². The van der Waals surface area contributed by atoms with Crippen molar-refractivity contribution in [3.05, 3.63) is 0 Å². The maximum Gasteiger partial charge on any atom is 0.321 e. The number of hydrogen-bond acceptors (Lipinski definition) is 2. The fourth-order valence-corrected chi connectivity index (χ4v) is 0.602. The van der Waals surface area contributed by atoms with Crippen molar-refractivity contribution in [1.82, 2.24) is 4.90 Å².